The Hall–Kier alpha value is -3.17. The maximum atomic E-state index is 13.1. The summed E-state index contributed by atoms with van der Waals surface area (Å²) in [6.07, 6.45) is -0.649. The van der Waals surface area contributed by atoms with Crippen LogP contribution in [0.2, 0.25) is 0 Å². The number of hydrogen-bond donors (Lipinski definition) is 3. The van der Waals surface area contributed by atoms with Crippen LogP contribution in [0.15, 0.2) is 24.3 Å². The Morgan fingerprint density at radius 3 is 2.23 bits per heavy atom. The van der Waals surface area contributed by atoms with Gasteiger partial charge in [-0.3, -0.25) is 14.4 Å². The number of amides is 4. The molecule has 1 rings (SSSR count). The molecule has 0 fully saturated rings. The summed E-state index contributed by atoms with van der Waals surface area (Å²) in [4.78, 5) is 49.8. The molecule has 0 aromatic heterocycles. The molecule has 2 atom stereocenters. The second-order valence-electron chi connectivity index (χ2n) is 8.01. The molecule has 0 saturated heterocycles. The van der Waals surface area contributed by atoms with E-state index < -0.39 is 47.3 Å². The summed E-state index contributed by atoms with van der Waals surface area (Å²) in [5.41, 5.74) is 5.40. The largest absolute Gasteiger partial charge is 0.444 e. The lowest BCUT2D eigenvalue weighted by Crippen LogP contribution is -2.53. The maximum absolute atomic E-state index is 13.1. The number of nitrogens with zero attached hydrogens (tertiary/aromatic N) is 1. The van der Waals surface area contributed by atoms with Gasteiger partial charge in [-0.05, 0) is 52.3 Å². The van der Waals surface area contributed by atoms with Gasteiger partial charge in [0.25, 0.3) is 0 Å². The lowest BCUT2D eigenvalue weighted by atomic mass is 10.0. The summed E-state index contributed by atoms with van der Waals surface area (Å²) >= 11 is 0. The number of primary amides is 1. The number of likely N-dealkylation sites (N-methyl/N-ethyl adjacent to an activating group) is 1. The maximum Gasteiger partial charge on any atom is 0.408 e. The fraction of sp³-hybridized carbons (Fsp3) is 0.524. The quantitative estimate of drug-likeness (QED) is 0.531. The van der Waals surface area contributed by atoms with Gasteiger partial charge in [0.05, 0.1) is 6.54 Å². The van der Waals surface area contributed by atoms with Crippen LogP contribution >= 0.6 is 0 Å². The molecule has 0 heterocycles. The third-order valence-corrected chi connectivity index (χ3v) is 4.25. The van der Waals surface area contributed by atoms with E-state index in [0.717, 1.165) is 0 Å². The molecule has 0 spiro atoms. The highest BCUT2D eigenvalue weighted by Gasteiger charge is 2.28. The molecule has 0 radical (unpaired) electrons. The van der Waals surface area contributed by atoms with E-state index in [4.69, 9.17) is 10.5 Å². The van der Waals surface area contributed by atoms with E-state index in [-0.39, 0.29) is 19.5 Å². The topological polar surface area (TPSA) is 131 Å². The van der Waals surface area contributed by atoms with E-state index in [2.05, 4.69) is 10.6 Å². The van der Waals surface area contributed by atoms with Crippen LogP contribution in [0.3, 0.4) is 0 Å². The molecule has 172 valence electrons. The van der Waals surface area contributed by atoms with Crippen molar-refractivity contribution in [2.45, 2.75) is 58.7 Å². The normalized spacial score (nSPS) is 13.0. The zero-order valence-electron chi connectivity index (χ0n) is 18.5. The van der Waals surface area contributed by atoms with E-state index in [9.17, 15) is 23.6 Å². The van der Waals surface area contributed by atoms with Crippen molar-refractivity contribution in [2.75, 3.05) is 13.1 Å². The number of rotatable bonds is 9. The third kappa shape index (κ3) is 9.02. The van der Waals surface area contributed by atoms with Crippen molar-refractivity contribution < 1.29 is 28.3 Å². The van der Waals surface area contributed by atoms with Gasteiger partial charge in [-0.25, -0.2) is 9.18 Å². The minimum absolute atomic E-state index is 0.111. The van der Waals surface area contributed by atoms with E-state index in [0.29, 0.717) is 5.56 Å². The van der Waals surface area contributed by atoms with Gasteiger partial charge >= 0.3 is 6.09 Å². The molecular formula is C21H31FN4O5. The van der Waals surface area contributed by atoms with Gasteiger partial charge in [0, 0.05) is 13.0 Å². The molecule has 9 nitrogen and oxygen atoms in total. The first-order valence-corrected chi connectivity index (χ1v) is 9.94. The van der Waals surface area contributed by atoms with Gasteiger partial charge in [-0.1, -0.05) is 12.1 Å². The highest BCUT2D eigenvalue weighted by Crippen LogP contribution is 2.11. The Morgan fingerprint density at radius 2 is 1.74 bits per heavy atom. The second-order valence-corrected chi connectivity index (χ2v) is 8.01. The standard InChI is InChI=1S/C21H31FN4O5/c1-6-26(16(18(23)28)11-14-7-9-15(22)10-8-14)17(27)12-24-19(29)13(2)25-20(30)31-21(3,4)5/h7-10,13,16H,6,11-12H2,1-5H3,(H2,23,28)(H,24,29)(H,25,30)/t13-,16+/m1/s1. The van der Waals surface area contributed by atoms with Crippen LogP contribution in [0.1, 0.15) is 40.2 Å². The van der Waals surface area contributed by atoms with Crippen molar-refractivity contribution in [2.24, 2.45) is 5.73 Å². The highest BCUT2D eigenvalue weighted by molar-refractivity contribution is 5.91. The Bertz CT molecular complexity index is 792. The number of nitrogens with two attached hydrogens (primary N) is 1. The SMILES string of the molecule is CCN(C(=O)CNC(=O)[C@@H](C)NC(=O)OC(C)(C)C)[C@@H](Cc1ccc(F)cc1)C(N)=O. The number of alkyl carbamates (subject to hydrolysis) is 1. The molecule has 1 aromatic rings. The van der Waals surface area contributed by atoms with Crippen LogP contribution in [-0.2, 0) is 25.5 Å². The second kappa shape index (κ2) is 11.3. The van der Waals surface area contributed by atoms with Crippen LogP contribution < -0.4 is 16.4 Å². The predicted octanol–water partition coefficient (Wildman–Crippen LogP) is 1.10. The van der Waals surface area contributed by atoms with Crippen molar-refractivity contribution in [3.8, 4) is 0 Å². The van der Waals surface area contributed by atoms with Gasteiger partial charge in [0.15, 0.2) is 0 Å². The molecule has 4 N–H and O–H groups in total. The Labute approximate surface area is 181 Å². The summed E-state index contributed by atoms with van der Waals surface area (Å²) < 4.78 is 18.2. The molecule has 0 aliphatic heterocycles. The first-order chi connectivity index (χ1) is 14.3. The summed E-state index contributed by atoms with van der Waals surface area (Å²) in [6.45, 7) is 7.98. The van der Waals surface area contributed by atoms with Crippen molar-refractivity contribution in [3.63, 3.8) is 0 Å². The monoisotopic (exact) mass is 438 g/mol. The first-order valence-electron chi connectivity index (χ1n) is 9.94. The van der Waals surface area contributed by atoms with Gasteiger partial charge < -0.3 is 26.0 Å². The fourth-order valence-corrected chi connectivity index (χ4v) is 2.75. The summed E-state index contributed by atoms with van der Waals surface area (Å²) in [5.74, 6) is -2.25. The minimum atomic E-state index is -0.961. The minimum Gasteiger partial charge on any atom is -0.444 e. The number of benzene rings is 1. The average molecular weight is 439 g/mol. The van der Waals surface area contributed by atoms with E-state index >= 15 is 0 Å². The van der Waals surface area contributed by atoms with Gasteiger partial charge in [0.2, 0.25) is 17.7 Å². The number of ether oxygens (including phenoxy) is 1. The Morgan fingerprint density at radius 1 is 1.16 bits per heavy atom. The molecule has 0 saturated carbocycles. The molecule has 0 aliphatic rings. The highest BCUT2D eigenvalue weighted by atomic mass is 19.1. The summed E-state index contributed by atoms with van der Waals surface area (Å²) in [6, 6.07) is 3.63. The lowest BCUT2D eigenvalue weighted by molar-refractivity contribution is -0.139. The zero-order valence-corrected chi connectivity index (χ0v) is 18.5. The van der Waals surface area contributed by atoms with Crippen LogP contribution in [-0.4, -0.2) is 59.5 Å². The van der Waals surface area contributed by atoms with Crippen LogP contribution in [0.4, 0.5) is 9.18 Å². The molecule has 0 aliphatic carbocycles. The van der Waals surface area contributed by atoms with Gasteiger partial charge in [-0.15, -0.1) is 0 Å². The number of carbonyl (C=O) groups excluding carboxylic acids is 4. The molecule has 0 unspecified atom stereocenters. The van der Waals surface area contributed by atoms with Crippen molar-refractivity contribution in [1.29, 1.82) is 0 Å². The first kappa shape index (κ1) is 25.9. The lowest BCUT2D eigenvalue weighted by Gasteiger charge is -2.29. The molecule has 0 bridgehead atoms. The van der Waals surface area contributed by atoms with Crippen molar-refractivity contribution in [3.05, 3.63) is 35.6 Å². The number of nitrogens with one attached hydrogen (secondary N) is 2. The number of halogens is 1. The zero-order chi connectivity index (χ0) is 23.8. The van der Waals surface area contributed by atoms with E-state index in [1.54, 1.807) is 27.7 Å². The molecule has 4 amide bonds. The fourth-order valence-electron chi connectivity index (χ4n) is 2.75. The van der Waals surface area contributed by atoms with E-state index in [1.165, 1.54) is 36.1 Å². The third-order valence-electron chi connectivity index (χ3n) is 4.25. The Kier molecular flexibility index (Phi) is 9.41. The summed E-state index contributed by atoms with van der Waals surface area (Å²) in [7, 11) is 0. The number of hydrogen-bond acceptors (Lipinski definition) is 5. The number of carbonyl (C=O) groups is 4. The molecule has 10 heteroatoms. The van der Waals surface area contributed by atoms with Crippen LogP contribution in [0.25, 0.3) is 0 Å². The van der Waals surface area contributed by atoms with Gasteiger partial charge in [-0.2, -0.15) is 0 Å². The van der Waals surface area contributed by atoms with E-state index in [1.807, 2.05) is 0 Å². The molecule has 31 heavy (non-hydrogen) atoms. The molecule has 1 aromatic carbocycles. The predicted molar refractivity (Wildman–Crippen MR) is 112 cm³/mol. The smallest absolute Gasteiger partial charge is 0.408 e. The average Bonchev–Trinajstić information content (AvgIpc) is 2.65. The summed E-state index contributed by atoms with van der Waals surface area (Å²) in [5, 5.41) is 4.81. The van der Waals surface area contributed by atoms with Crippen molar-refractivity contribution in [1.82, 2.24) is 15.5 Å². The van der Waals surface area contributed by atoms with Crippen LogP contribution in [0.5, 0.6) is 0 Å². The molecular weight excluding hydrogens is 407 g/mol. The Balaban J connectivity index is 2.70. The van der Waals surface area contributed by atoms with Crippen molar-refractivity contribution >= 4 is 23.8 Å². The van der Waals surface area contributed by atoms with Crippen LogP contribution in [0, 0.1) is 5.82 Å². The van der Waals surface area contributed by atoms with Gasteiger partial charge in [0.1, 0.15) is 23.5 Å².